The van der Waals surface area contributed by atoms with Crippen LogP contribution in [0, 0.1) is 5.82 Å². The highest BCUT2D eigenvalue weighted by Gasteiger charge is 2.29. The molecule has 0 bridgehead atoms. The maximum atomic E-state index is 14.2. The van der Waals surface area contributed by atoms with Crippen molar-refractivity contribution in [2.75, 3.05) is 13.1 Å². The van der Waals surface area contributed by atoms with Gasteiger partial charge in [-0.05, 0) is 18.6 Å². The van der Waals surface area contributed by atoms with Gasteiger partial charge in [0.1, 0.15) is 4.90 Å². The molecule has 0 aromatic heterocycles. The molecule has 5 nitrogen and oxygen atoms in total. The Morgan fingerprint density at radius 3 is 2.48 bits per heavy atom. The molecule has 1 N–H and O–H groups in total. The average Bonchev–Trinajstić information content (AvgIpc) is 2.41. The van der Waals surface area contributed by atoms with Crippen molar-refractivity contribution < 1.29 is 22.7 Å². The second kappa shape index (κ2) is 7.20. The molecule has 0 aliphatic carbocycles. The Kier molecular flexibility index (Phi) is 6.12. The van der Waals surface area contributed by atoms with Crippen LogP contribution in [-0.4, -0.2) is 36.9 Å². The van der Waals surface area contributed by atoms with Crippen molar-refractivity contribution in [3.8, 4) is 0 Å². The van der Waals surface area contributed by atoms with Crippen molar-refractivity contribution in [1.29, 1.82) is 0 Å². The van der Waals surface area contributed by atoms with Crippen LogP contribution >= 0.6 is 11.6 Å². The monoisotopic (exact) mass is 337 g/mol. The van der Waals surface area contributed by atoms with E-state index >= 15 is 0 Å². The first-order valence-corrected chi connectivity index (χ1v) is 8.30. The highest BCUT2D eigenvalue weighted by Crippen LogP contribution is 2.26. The summed E-state index contributed by atoms with van der Waals surface area (Å²) in [5.74, 6) is -2.86. The van der Waals surface area contributed by atoms with Gasteiger partial charge in [-0.1, -0.05) is 31.9 Å². The third-order valence-electron chi connectivity index (χ3n) is 2.97. The van der Waals surface area contributed by atoms with E-state index in [2.05, 4.69) is 0 Å². The van der Waals surface area contributed by atoms with E-state index in [-0.39, 0.29) is 18.1 Å². The minimum Gasteiger partial charge on any atom is -0.478 e. The van der Waals surface area contributed by atoms with Gasteiger partial charge in [0, 0.05) is 18.1 Å². The van der Waals surface area contributed by atoms with Gasteiger partial charge in [0.2, 0.25) is 10.0 Å². The second-order valence-electron chi connectivity index (χ2n) is 4.42. The molecule has 0 aliphatic heterocycles. The number of carboxylic acids is 1. The van der Waals surface area contributed by atoms with Crippen molar-refractivity contribution in [2.24, 2.45) is 0 Å². The molecule has 21 heavy (non-hydrogen) atoms. The lowest BCUT2D eigenvalue weighted by Gasteiger charge is -2.21. The molecule has 0 amide bonds. The van der Waals surface area contributed by atoms with Crippen LogP contribution in [0.5, 0.6) is 0 Å². The maximum Gasteiger partial charge on any atom is 0.338 e. The normalized spacial score (nSPS) is 11.9. The summed E-state index contributed by atoms with van der Waals surface area (Å²) in [7, 11) is -4.12. The molecule has 1 aromatic carbocycles. The molecule has 0 saturated carbocycles. The third-order valence-corrected chi connectivity index (χ3v) is 5.16. The number of aromatic carboxylic acids is 1. The van der Waals surface area contributed by atoms with Crippen molar-refractivity contribution in [3.05, 3.63) is 28.5 Å². The minimum atomic E-state index is -4.12. The summed E-state index contributed by atoms with van der Waals surface area (Å²) in [5, 5.41) is 8.77. The molecule has 0 saturated heterocycles. The molecule has 0 spiro atoms. The number of hydrogen-bond acceptors (Lipinski definition) is 3. The first-order valence-electron chi connectivity index (χ1n) is 6.48. The molecule has 8 heteroatoms. The van der Waals surface area contributed by atoms with E-state index in [0.717, 1.165) is 22.9 Å². The summed E-state index contributed by atoms with van der Waals surface area (Å²) in [5.41, 5.74) is -0.757. The third kappa shape index (κ3) is 3.93. The first kappa shape index (κ1) is 17.9. The van der Waals surface area contributed by atoms with Gasteiger partial charge in [0.15, 0.2) is 5.82 Å². The number of carbonyl (C=O) groups is 1. The van der Waals surface area contributed by atoms with Crippen LogP contribution in [0.2, 0.25) is 5.02 Å². The fourth-order valence-electron chi connectivity index (χ4n) is 1.83. The van der Waals surface area contributed by atoms with Crippen molar-refractivity contribution in [1.82, 2.24) is 4.31 Å². The molecule has 0 unspecified atom stereocenters. The van der Waals surface area contributed by atoms with Crippen LogP contribution < -0.4 is 0 Å². The Bertz CT molecular complexity index is 633. The zero-order valence-corrected chi connectivity index (χ0v) is 13.3. The SMILES string of the molecule is CCCCN(CC)S(=O)(=O)c1cc(Cl)cc(C(=O)O)c1F. The summed E-state index contributed by atoms with van der Waals surface area (Å²) >= 11 is 5.71. The van der Waals surface area contributed by atoms with E-state index in [1.165, 1.54) is 0 Å². The van der Waals surface area contributed by atoms with Crippen LogP contribution in [0.3, 0.4) is 0 Å². The minimum absolute atomic E-state index is 0.140. The number of carboxylic acid groups (broad SMARTS) is 1. The molecule has 0 fully saturated rings. The highest BCUT2D eigenvalue weighted by molar-refractivity contribution is 7.89. The smallest absolute Gasteiger partial charge is 0.338 e. The Morgan fingerprint density at radius 2 is 2.00 bits per heavy atom. The molecule has 0 aliphatic rings. The summed E-state index contributed by atoms with van der Waals surface area (Å²) in [6.45, 7) is 3.94. The average molecular weight is 338 g/mol. The summed E-state index contributed by atoms with van der Waals surface area (Å²) in [6, 6.07) is 1.83. The number of benzene rings is 1. The van der Waals surface area contributed by atoms with Crippen LogP contribution in [0.1, 0.15) is 37.0 Å². The van der Waals surface area contributed by atoms with Crippen molar-refractivity contribution >= 4 is 27.6 Å². The van der Waals surface area contributed by atoms with E-state index in [1.54, 1.807) is 6.92 Å². The summed E-state index contributed by atoms with van der Waals surface area (Å²) < 4.78 is 40.2. The number of sulfonamides is 1. The largest absolute Gasteiger partial charge is 0.478 e. The van der Waals surface area contributed by atoms with E-state index in [9.17, 15) is 17.6 Å². The molecule has 1 rings (SSSR count). The van der Waals surface area contributed by atoms with Gasteiger partial charge in [-0.2, -0.15) is 4.31 Å². The lowest BCUT2D eigenvalue weighted by atomic mass is 10.2. The second-order valence-corrected chi connectivity index (χ2v) is 6.76. The molecular formula is C13H17ClFNO4S. The van der Waals surface area contributed by atoms with Crippen LogP contribution in [0.15, 0.2) is 17.0 Å². The predicted octanol–water partition coefficient (Wildman–Crippen LogP) is 2.99. The van der Waals surface area contributed by atoms with Crippen LogP contribution in [0.25, 0.3) is 0 Å². The van der Waals surface area contributed by atoms with Gasteiger partial charge in [0.05, 0.1) is 5.56 Å². The Balaban J connectivity index is 3.40. The number of hydrogen-bond donors (Lipinski definition) is 1. The molecule has 118 valence electrons. The van der Waals surface area contributed by atoms with Crippen molar-refractivity contribution in [2.45, 2.75) is 31.6 Å². The zero-order valence-electron chi connectivity index (χ0n) is 11.8. The molecule has 1 aromatic rings. The number of halogens is 2. The summed E-state index contributed by atoms with van der Waals surface area (Å²) in [4.78, 5) is 10.3. The molecule has 0 heterocycles. The first-order chi connectivity index (χ1) is 9.75. The Labute approximate surface area is 128 Å². The lowest BCUT2D eigenvalue weighted by Crippen LogP contribution is -2.32. The zero-order chi connectivity index (χ0) is 16.2. The topological polar surface area (TPSA) is 74.7 Å². The lowest BCUT2D eigenvalue weighted by molar-refractivity contribution is 0.0691. The fraction of sp³-hybridized carbons (Fsp3) is 0.462. The van der Waals surface area contributed by atoms with Gasteiger partial charge in [-0.15, -0.1) is 0 Å². The Morgan fingerprint density at radius 1 is 1.38 bits per heavy atom. The van der Waals surface area contributed by atoms with Crippen LogP contribution in [0.4, 0.5) is 4.39 Å². The number of nitrogens with zero attached hydrogens (tertiary/aromatic N) is 1. The number of rotatable bonds is 7. The number of unbranched alkanes of at least 4 members (excludes halogenated alkanes) is 1. The standard InChI is InChI=1S/C13H17ClFNO4S/c1-3-5-6-16(4-2)21(19,20)11-8-9(14)7-10(12(11)15)13(17)18/h7-8H,3-6H2,1-2H3,(H,17,18). The van der Waals surface area contributed by atoms with Crippen LogP contribution in [-0.2, 0) is 10.0 Å². The van der Waals surface area contributed by atoms with Gasteiger partial charge in [0.25, 0.3) is 0 Å². The predicted molar refractivity (Wildman–Crippen MR) is 77.7 cm³/mol. The molecule has 0 atom stereocenters. The van der Waals surface area contributed by atoms with E-state index in [4.69, 9.17) is 16.7 Å². The Hall–Kier alpha value is -1.18. The highest BCUT2D eigenvalue weighted by atomic mass is 35.5. The van der Waals surface area contributed by atoms with Crippen molar-refractivity contribution in [3.63, 3.8) is 0 Å². The van der Waals surface area contributed by atoms with Gasteiger partial charge in [-0.25, -0.2) is 17.6 Å². The summed E-state index contributed by atoms with van der Waals surface area (Å²) in [6.07, 6.45) is 1.41. The molecular weight excluding hydrogens is 321 g/mol. The molecule has 0 radical (unpaired) electrons. The van der Waals surface area contributed by atoms with E-state index in [0.29, 0.717) is 6.42 Å². The fourth-order valence-corrected chi connectivity index (χ4v) is 3.71. The quantitative estimate of drug-likeness (QED) is 0.830. The van der Waals surface area contributed by atoms with E-state index < -0.39 is 32.3 Å². The maximum absolute atomic E-state index is 14.2. The van der Waals surface area contributed by atoms with Gasteiger partial charge in [-0.3, -0.25) is 0 Å². The van der Waals surface area contributed by atoms with Gasteiger partial charge < -0.3 is 5.11 Å². The van der Waals surface area contributed by atoms with E-state index in [1.807, 2.05) is 6.92 Å². The van der Waals surface area contributed by atoms with Gasteiger partial charge >= 0.3 is 5.97 Å².